The van der Waals surface area contributed by atoms with E-state index in [4.69, 9.17) is 17.2 Å². The van der Waals surface area contributed by atoms with Gasteiger partial charge in [0.2, 0.25) is 0 Å². The average Bonchev–Trinajstić information content (AvgIpc) is 2.25. The summed E-state index contributed by atoms with van der Waals surface area (Å²) in [4.78, 5) is 4.28. The molecule has 17 heavy (non-hydrogen) atoms. The molecule has 0 aliphatic heterocycles. The van der Waals surface area contributed by atoms with Gasteiger partial charge in [-0.1, -0.05) is 26.0 Å². The van der Waals surface area contributed by atoms with Gasteiger partial charge >= 0.3 is 0 Å². The predicted molar refractivity (Wildman–Crippen MR) is 73.5 cm³/mol. The molecule has 2 rings (SSSR count). The summed E-state index contributed by atoms with van der Waals surface area (Å²) in [6.07, 6.45) is 0.951. The van der Waals surface area contributed by atoms with E-state index in [2.05, 4.69) is 24.9 Å². The SMILES string of the molecule is CC(C)Cc1cccc2nc(N)c(N)c(N)c12. The zero-order valence-electron chi connectivity index (χ0n) is 10.2. The number of nitrogen functional groups attached to an aromatic ring is 3. The van der Waals surface area contributed by atoms with Crippen LogP contribution in [0.5, 0.6) is 0 Å². The van der Waals surface area contributed by atoms with Gasteiger partial charge in [0.05, 0.1) is 16.9 Å². The zero-order chi connectivity index (χ0) is 12.6. The molecule has 6 N–H and O–H groups in total. The Morgan fingerprint density at radius 3 is 2.47 bits per heavy atom. The van der Waals surface area contributed by atoms with Gasteiger partial charge in [-0.25, -0.2) is 4.98 Å². The van der Waals surface area contributed by atoms with E-state index in [-0.39, 0.29) is 0 Å². The van der Waals surface area contributed by atoms with E-state index >= 15 is 0 Å². The maximum absolute atomic E-state index is 6.05. The average molecular weight is 230 g/mol. The quantitative estimate of drug-likeness (QED) is 0.737. The summed E-state index contributed by atoms with van der Waals surface area (Å²) in [7, 11) is 0. The van der Waals surface area contributed by atoms with Crippen molar-refractivity contribution in [2.45, 2.75) is 20.3 Å². The van der Waals surface area contributed by atoms with E-state index < -0.39 is 0 Å². The summed E-state index contributed by atoms with van der Waals surface area (Å²) >= 11 is 0. The molecule has 0 unspecified atom stereocenters. The first-order valence-corrected chi connectivity index (χ1v) is 5.72. The monoisotopic (exact) mass is 230 g/mol. The number of fused-ring (bicyclic) bond motifs is 1. The van der Waals surface area contributed by atoms with E-state index in [1.807, 2.05) is 12.1 Å². The van der Waals surface area contributed by atoms with Crippen molar-refractivity contribution in [3.8, 4) is 0 Å². The van der Waals surface area contributed by atoms with Gasteiger partial charge in [-0.05, 0) is 24.0 Å². The minimum absolute atomic E-state index is 0.302. The molecular formula is C13H18N4. The van der Waals surface area contributed by atoms with Gasteiger partial charge in [-0.2, -0.15) is 0 Å². The number of nitrogens with two attached hydrogens (primary N) is 3. The highest BCUT2D eigenvalue weighted by atomic mass is 14.9. The number of benzene rings is 1. The minimum atomic E-state index is 0.302. The van der Waals surface area contributed by atoms with Crippen molar-refractivity contribution < 1.29 is 0 Å². The van der Waals surface area contributed by atoms with Gasteiger partial charge in [-0.15, -0.1) is 0 Å². The summed E-state index contributed by atoms with van der Waals surface area (Å²) in [5.74, 6) is 0.857. The molecule has 0 saturated carbocycles. The maximum Gasteiger partial charge on any atom is 0.149 e. The molecule has 0 bridgehead atoms. The van der Waals surface area contributed by atoms with Crippen LogP contribution in [0.3, 0.4) is 0 Å². The molecule has 0 aliphatic rings. The van der Waals surface area contributed by atoms with Crippen LogP contribution >= 0.6 is 0 Å². The molecule has 4 heteroatoms. The fraction of sp³-hybridized carbons (Fsp3) is 0.308. The molecule has 1 heterocycles. The third kappa shape index (κ3) is 1.98. The lowest BCUT2D eigenvalue weighted by Gasteiger charge is -2.13. The Labute approximate surface area is 101 Å². The molecule has 0 fully saturated rings. The van der Waals surface area contributed by atoms with Crippen molar-refractivity contribution in [2.75, 3.05) is 17.2 Å². The summed E-state index contributed by atoms with van der Waals surface area (Å²) < 4.78 is 0. The van der Waals surface area contributed by atoms with Crippen molar-refractivity contribution in [3.05, 3.63) is 23.8 Å². The summed E-state index contributed by atoms with van der Waals surface area (Å²) in [6.45, 7) is 4.34. The lowest BCUT2D eigenvalue weighted by atomic mass is 9.97. The summed E-state index contributed by atoms with van der Waals surface area (Å²) in [5.41, 5.74) is 20.5. The van der Waals surface area contributed by atoms with Crippen molar-refractivity contribution >= 4 is 28.1 Å². The molecule has 1 aromatic carbocycles. The van der Waals surface area contributed by atoms with Gasteiger partial charge < -0.3 is 17.2 Å². The van der Waals surface area contributed by atoms with Crippen LogP contribution in [0, 0.1) is 5.92 Å². The van der Waals surface area contributed by atoms with E-state index in [1.54, 1.807) is 0 Å². The van der Waals surface area contributed by atoms with Crippen molar-refractivity contribution in [1.82, 2.24) is 4.98 Å². The first-order chi connectivity index (χ1) is 8.00. The highest BCUT2D eigenvalue weighted by Crippen LogP contribution is 2.32. The third-order valence-corrected chi connectivity index (χ3v) is 2.83. The van der Waals surface area contributed by atoms with Gasteiger partial charge in [0.1, 0.15) is 5.82 Å². The number of nitrogens with zero attached hydrogens (tertiary/aromatic N) is 1. The minimum Gasteiger partial charge on any atom is -0.396 e. The molecule has 90 valence electrons. The highest BCUT2D eigenvalue weighted by molar-refractivity contribution is 6.01. The Hall–Kier alpha value is -1.97. The molecular weight excluding hydrogens is 212 g/mol. The molecule has 4 nitrogen and oxygen atoms in total. The Kier molecular flexibility index (Phi) is 2.79. The number of hydrogen-bond donors (Lipinski definition) is 3. The lowest BCUT2D eigenvalue weighted by molar-refractivity contribution is 0.650. The third-order valence-electron chi connectivity index (χ3n) is 2.83. The topological polar surface area (TPSA) is 90.9 Å². The van der Waals surface area contributed by atoms with Crippen LogP contribution in [0.4, 0.5) is 17.2 Å². The Bertz CT molecular complexity index is 561. The molecule has 2 aromatic rings. The zero-order valence-corrected chi connectivity index (χ0v) is 10.2. The molecule has 0 atom stereocenters. The van der Waals surface area contributed by atoms with Gasteiger partial charge in [0.25, 0.3) is 0 Å². The van der Waals surface area contributed by atoms with Crippen LogP contribution in [0.2, 0.25) is 0 Å². The van der Waals surface area contributed by atoms with E-state index in [0.717, 1.165) is 17.3 Å². The molecule has 0 amide bonds. The second-order valence-corrected chi connectivity index (χ2v) is 4.73. The fourth-order valence-corrected chi connectivity index (χ4v) is 2.06. The largest absolute Gasteiger partial charge is 0.396 e. The fourth-order valence-electron chi connectivity index (χ4n) is 2.06. The van der Waals surface area contributed by atoms with E-state index in [0.29, 0.717) is 23.1 Å². The highest BCUT2D eigenvalue weighted by Gasteiger charge is 2.12. The van der Waals surface area contributed by atoms with Gasteiger partial charge in [0.15, 0.2) is 0 Å². The van der Waals surface area contributed by atoms with Crippen molar-refractivity contribution in [3.63, 3.8) is 0 Å². The normalized spacial score (nSPS) is 11.2. The second-order valence-electron chi connectivity index (χ2n) is 4.73. The maximum atomic E-state index is 6.05. The molecule has 0 saturated heterocycles. The van der Waals surface area contributed by atoms with Crippen molar-refractivity contribution in [1.29, 1.82) is 0 Å². The van der Waals surface area contributed by atoms with Crippen LogP contribution in [0.1, 0.15) is 19.4 Å². The van der Waals surface area contributed by atoms with E-state index in [9.17, 15) is 0 Å². The lowest BCUT2D eigenvalue weighted by Crippen LogP contribution is -2.05. The Balaban J connectivity index is 2.74. The van der Waals surface area contributed by atoms with Crippen molar-refractivity contribution in [2.24, 2.45) is 5.92 Å². The number of anilines is 3. The van der Waals surface area contributed by atoms with Gasteiger partial charge in [0, 0.05) is 5.39 Å². The number of hydrogen-bond acceptors (Lipinski definition) is 4. The van der Waals surface area contributed by atoms with E-state index in [1.165, 1.54) is 5.56 Å². The predicted octanol–water partition coefficient (Wildman–Crippen LogP) is 2.18. The molecule has 0 spiro atoms. The Morgan fingerprint density at radius 1 is 1.12 bits per heavy atom. The van der Waals surface area contributed by atoms with Crippen LogP contribution in [-0.4, -0.2) is 4.98 Å². The Morgan fingerprint density at radius 2 is 1.82 bits per heavy atom. The first kappa shape index (κ1) is 11.5. The smallest absolute Gasteiger partial charge is 0.149 e. The summed E-state index contributed by atoms with van der Waals surface area (Å²) in [6, 6.07) is 5.95. The van der Waals surface area contributed by atoms with Crippen LogP contribution in [0.15, 0.2) is 18.2 Å². The number of pyridine rings is 1. The van der Waals surface area contributed by atoms with Crippen LogP contribution in [-0.2, 0) is 6.42 Å². The molecule has 0 aliphatic carbocycles. The molecule has 1 aromatic heterocycles. The van der Waals surface area contributed by atoms with Gasteiger partial charge in [-0.3, -0.25) is 0 Å². The second kappa shape index (κ2) is 4.13. The molecule has 0 radical (unpaired) electrons. The first-order valence-electron chi connectivity index (χ1n) is 5.72. The number of rotatable bonds is 2. The number of aromatic nitrogens is 1. The standard InChI is InChI=1S/C13H18N4/c1-7(2)6-8-4-3-5-9-10(8)11(14)12(15)13(16)17-9/h3-5,7H,6,15H2,1-2H3,(H4,14,16,17). The van der Waals surface area contributed by atoms with Crippen LogP contribution < -0.4 is 17.2 Å². The van der Waals surface area contributed by atoms with Crippen LogP contribution in [0.25, 0.3) is 10.9 Å². The summed E-state index contributed by atoms with van der Waals surface area (Å²) in [5, 5.41) is 0.938.